The highest BCUT2D eigenvalue weighted by molar-refractivity contribution is 5.95. The molecule has 4 saturated carbocycles. The van der Waals surface area contributed by atoms with Crippen LogP contribution in [-0.4, -0.2) is 0 Å². The Balaban J connectivity index is 0.904. The molecule has 0 saturated heterocycles. The lowest BCUT2D eigenvalue weighted by Gasteiger charge is -2.61. The summed E-state index contributed by atoms with van der Waals surface area (Å²) in [5, 5.41) is 0. The van der Waals surface area contributed by atoms with Crippen LogP contribution in [-0.2, 0) is 16.2 Å². The molecule has 316 valence electrons. The minimum absolute atomic E-state index is 0.0945. The smallest absolute Gasteiger partial charge is 0.0465 e. The van der Waals surface area contributed by atoms with Crippen LogP contribution in [0.2, 0.25) is 0 Å². The van der Waals surface area contributed by atoms with Crippen molar-refractivity contribution in [2.24, 2.45) is 23.7 Å². The molecule has 0 atom stereocenters. The van der Waals surface area contributed by atoms with Gasteiger partial charge < -0.3 is 4.90 Å². The van der Waals surface area contributed by atoms with Crippen molar-refractivity contribution >= 4 is 17.1 Å². The number of anilines is 3. The molecule has 8 aromatic rings. The first-order valence-electron chi connectivity index (χ1n) is 24.4. The van der Waals surface area contributed by atoms with Crippen molar-refractivity contribution in [3.8, 4) is 55.6 Å². The molecule has 4 bridgehead atoms. The number of nitrogens with zero attached hydrogens (tertiary/aromatic N) is 1. The molecule has 7 aliphatic rings. The third-order valence-electron chi connectivity index (χ3n) is 17.9. The van der Waals surface area contributed by atoms with Gasteiger partial charge in [0, 0.05) is 33.3 Å². The van der Waals surface area contributed by atoms with Crippen LogP contribution in [0, 0.1) is 23.7 Å². The van der Waals surface area contributed by atoms with Gasteiger partial charge in [0.2, 0.25) is 0 Å². The standard InChI is InChI=1S/C64H55N/c1-62(2)55-18-10-8-15-50(55)52-29-26-47(37-58(52)62)65(48-27-30-53-51-16-9-11-19-56(51)63(3,4)59(53)38-48)46-24-21-41(22-25-46)43-23-28-54-60(36-43)64(44-32-39-31-40(34-44)35-45(64)33-39)57-20-12-17-49(61(54)57)42-13-6-5-7-14-42/h5-30,36-40,44-45H,31-35H2,1-4H3. The van der Waals surface area contributed by atoms with E-state index in [0.29, 0.717) is 11.8 Å². The Morgan fingerprint density at radius 3 is 1.42 bits per heavy atom. The van der Waals surface area contributed by atoms with Crippen LogP contribution in [0.4, 0.5) is 17.1 Å². The molecule has 0 amide bonds. The summed E-state index contributed by atoms with van der Waals surface area (Å²) in [6, 6.07) is 67.9. The van der Waals surface area contributed by atoms with Gasteiger partial charge >= 0.3 is 0 Å². The Bertz CT molecular complexity index is 3140. The highest BCUT2D eigenvalue weighted by Gasteiger charge is 2.62. The van der Waals surface area contributed by atoms with Gasteiger partial charge in [-0.3, -0.25) is 0 Å². The Labute approximate surface area is 384 Å². The fraction of sp³-hybridized carbons (Fsp3) is 0.250. The quantitative estimate of drug-likeness (QED) is 0.167. The lowest BCUT2D eigenvalue weighted by Crippen LogP contribution is -2.55. The molecule has 1 nitrogen and oxygen atoms in total. The highest BCUT2D eigenvalue weighted by atomic mass is 15.1. The minimum atomic E-state index is -0.0945. The molecule has 1 spiro atoms. The first-order valence-corrected chi connectivity index (χ1v) is 24.4. The third-order valence-corrected chi connectivity index (χ3v) is 17.9. The molecule has 0 radical (unpaired) electrons. The Morgan fingerprint density at radius 1 is 0.338 bits per heavy atom. The molecule has 0 aromatic heterocycles. The van der Waals surface area contributed by atoms with E-state index in [4.69, 9.17) is 0 Å². The topological polar surface area (TPSA) is 3.24 Å². The summed E-state index contributed by atoms with van der Waals surface area (Å²) in [5.41, 5.74) is 26.0. The van der Waals surface area contributed by atoms with Crippen LogP contribution in [0.5, 0.6) is 0 Å². The molecule has 1 heteroatoms. The fourth-order valence-electron chi connectivity index (χ4n) is 15.2. The molecule has 0 aliphatic heterocycles. The van der Waals surface area contributed by atoms with Crippen molar-refractivity contribution in [1.82, 2.24) is 0 Å². The van der Waals surface area contributed by atoms with Gasteiger partial charge in [0.15, 0.2) is 0 Å². The van der Waals surface area contributed by atoms with E-state index in [1.165, 1.54) is 127 Å². The van der Waals surface area contributed by atoms with Crippen molar-refractivity contribution in [2.45, 2.75) is 76.0 Å². The number of rotatable bonds is 5. The van der Waals surface area contributed by atoms with Gasteiger partial charge in [-0.15, -0.1) is 0 Å². The fourth-order valence-corrected chi connectivity index (χ4v) is 15.2. The Hall–Kier alpha value is -6.44. The average Bonchev–Trinajstić information content (AvgIpc) is 3.85. The van der Waals surface area contributed by atoms with Crippen molar-refractivity contribution in [2.75, 3.05) is 4.90 Å². The second-order valence-corrected chi connectivity index (χ2v) is 21.7. The van der Waals surface area contributed by atoms with Crippen LogP contribution < -0.4 is 4.90 Å². The maximum Gasteiger partial charge on any atom is 0.0465 e. The van der Waals surface area contributed by atoms with Crippen LogP contribution in [0.3, 0.4) is 0 Å². The maximum absolute atomic E-state index is 2.65. The SMILES string of the molecule is CC1(C)c2ccccc2-c2ccc(N(c3ccc(-c4ccc5c(c4)C4(c6cccc(-c7ccccc7)c6-5)C5CC6CC(C5)CC4C6)cc3)c3ccc4c(c3)C(C)(C)c3ccccc3-4)cc21. The van der Waals surface area contributed by atoms with Crippen LogP contribution in [0.15, 0.2) is 176 Å². The van der Waals surface area contributed by atoms with E-state index in [0.717, 1.165) is 11.8 Å². The van der Waals surface area contributed by atoms with Gasteiger partial charge in [0.05, 0.1) is 0 Å². The summed E-state index contributed by atoms with van der Waals surface area (Å²) in [6.07, 6.45) is 6.99. The number of fused-ring (bicyclic) bond motifs is 9. The lowest BCUT2D eigenvalue weighted by molar-refractivity contribution is -0.0399. The monoisotopic (exact) mass is 837 g/mol. The maximum atomic E-state index is 2.65. The van der Waals surface area contributed by atoms with Crippen molar-refractivity contribution in [1.29, 1.82) is 0 Å². The molecule has 0 N–H and O–H groups in total. The minimum Gasteiger partial charge on any atom is -0.310 e. The van der Waals surface area contributed by atoms with Gasteiger partial charge in [-0.1, -0.05) is 161 Å². The molecule has 4 fully saturated rings. The van der Waals surface area contributed by atoms with Crippen molar-refractivity contribution in [3.63, 3.8) is 0 Å². The normalized spacial score (nSPS) is 23.7. The molecule has 7 aliphatic carbocycles. The zero-order valence-corrected chi connectivity index (χ0v) is 38.0. The van der Waals surface area contributed by atoms with E-state index in [9.17, 15) is 0 Å². The van der Waals surface area contributed by atoms with Gasteiger partial charge in [-0.25, -0.2) is 0 Å². The van der Waals surface area contributed by atoms with E-state index in [1.807, 2.05) is 0 Å². The molecule has 15 rings (SSSR count). The van der Waals surface area contributed by atoms with Gasteiger partial charge in [-0.05, 0) is 187 Å². The lowest BCUT2D eigenvalue weighted by atomic mass is 9.43. The summed E-state index contributed by atoms with van der Waals surface area (Å²) in [7, 11) is 0. The predicted molar refractivity (Wildman–Crippen MR) is 270 cm³/mol. The first-order chi connectivity index (χ1) is 31.7. The summed E-state index contributed by atoms with van der Waals surface area (Å²) < 4.78 is 0. The van der Waals surface area contributed by atoms with E-state index < -0.39 is 0 Å². The van der Waals surface area contributed by atoms with E-state index in [2.05, 4.69) is 209 Å². The zero-order chi connectivity index (χ0) is 43.4. The van der Waals surface area contributed by atoms with Gasteiger partial charge in [0.1, 0.15) is 0 Å². The van der Waals surface area contributed by atoms with E-state index in [1.54, 1.807) is 11.1 Å². The summed E-state index contributed by atoms with van der Waals surface area (Å²) in [5.74, 6) is 3.24. The van der Waals surface area contributed by atoms with E-state index in [-0.39, 0.29) is 16.2 Å². The number of hydrogen-bond acceptors (Lipinski definition) is 1. The van der Waals surface area contributed by atoms with Crippen LogP contribution in [0.25, 0.3) is 55.6 Å². The van der Waals surface area contributed by atoms with Gasteiger partial charge in [-0.2, -0.15) is 0 Å². The molecular weight excluding hydrogens is 783 g/mol. The average molecular weight is 838 g/mol. The van der Waals surface area contributed by atoms with Crippen molar-refractivity contribution < 1.29 is 0 Å². The largest absolute Gasteiger partial charge is 0.310 e. The Morgan fingerprint density at radius 2 is 0.815 bits per heavy atom. The molecule has 0 unspecified atom stereocenters. The summed E-state index contributed by atoms with van der Waals surface area (Å²) in [6.45, 7) is 9.56. The second-order valence-electron chi connectivity index (χ2n) is 21.7. The summed E-state index contributed by atoms with van der Waals surface area (Å²) >= 11 is 0. The van der Waals surface area contributed by atoms with Crippen molar-refractivity contribution in [3.05, 3.63) is 209 Å². The second kappa shape index (κ2) is 13.3. The van der Waals surface area contributed by atoms with Crippen LogP contribution in [0.1, 0.15) is 93.2 Å². The number of hydrogen-bond donors (Lipinski definition) is 0. The van der Waals surface area contributed by atoms with Gasteiger partial charge in [0.25, 0.3) is 0 Å². The summed E-state index contributed by atoms with van der Waals surface area (Å²) in [4.78, 5) is 2.51. The predicted octanol–water partition coefficient (Wildman–Crippen LogP) is 16.8. The van der Waals surface area contributed by atoms with E-state index >= 15 is 0 Å². The molecule has 0 heterocycles. The third kappa shape index (κ3) is 5.11. The highest BCUT2D eigenvalue weighted by Crippen LogP contribution is 2.70. The van der Waals surface area contributed by atoms with Crippen LogP contribution >= 0.6 is 0 Å². The molecular formula is C64H55N. The first kappa shape index (κ1) is 37.9. The Kier molecular flexibility index (Phi) is 7.77. The zero-order valence-electron chi connectivity index (χ0n) is 38.0. The molecule has 65 heavy (non-hydrogen) atoms. The number of benzene rings is 8. The molecule has 8 aromatic carbocycles.